The van der Waals surface area contributed by atoms with Crippen molar-refractivity contribution in [1.82, 2.24) is 9.80 Å². The Kier molecular flexibility index (Phi) is 4.89. The molecule has 0 aromatic heterocycles. The van der Waals surface area contributed by atoms with E-state index >= 15 is 0 Å². The van der Waals surface area contributed by atoms with Crippen molar-refractivity contribution in [2.24, 2.45) is 5.92 Å². The highest BCUT2D eigenvalue weighted by Crippen LogP contribution is 2.23. The summed E-state index contributed by atoms with van der Waals surface area (Å²) in [6, 6.07) is 4.57. The van der Waals surface area contributed by atoms with Crippen molar-refractivity contribution < 1.29 is 9.90 Å². The number of benzene rings is 1. The third-order valence-corrected chi connectivity index (χ3v) is 3.71. The van der Waals surface area contributed by atoms with Crippen LogP contribution < -0.4 is 0 Å². The molecule has 20 heavy (non-hydrogen) atoms. The highest BCUT2D eigenvalue weighted by atomic mass is 35.5. The van der Waals surface area contributed by atoms with Crippen molar-refractivity contribution in [3.63, 3.8) is 0 Å². The molecule has 0 radical (unpaired) electrons. The number of amides is 1. The van der Waals surface area contributed by atoms with E-state index in [1.54, 1.807) is 11.0 Å². The van der Waals surface area contributed by atoms with E-state index < -0.39 is 0 Å². The van der Waals surface area contributed by atoms with Gasteiger partial charge in [0.25, 0.3) is 5.91 Å². The average Bonchev–Trinajstić information content (AvgIpc) is 2.41. The normalized spacial score (nSPS) is 16.7. The Morgan fingerprint density at radius 1 is 1.30 bits per heavy atom. The number of piperazine rings is 1. The van der Waals surface area contributed by atoms with Crippen molar-refractivity contribution in [2.45, 2.75) is 13.8 Å². The molecule has 1 amide bonds. The summed E-state index contributed by atoms with van der Waals surface area (Å²) in [7, 11) is 0. The van der Waals surface area contributed by atoms with Gasteiger partial charge in [0.1, 0.15) is 5.75 Å². The van der Waals surface area contributed by atoms with E-state index in [9.17, 15) is 9.90 Å². The third kappa shape index (κ3) is 3.64. The van der Waals surface area contributed by atoms with Gasteiger partial charge in [-0.3, -0.25) is 9.69 Å². The topological polar surface area (TPSA) is 43.8 Å². The Hall–Kier alpha value is -1.26. The summed E-state index contributed by atoms with van der Waals surface area (Å²) in [6.45, 7) is 8.60. The summed E-state index contributed by atoms with van der Waals surface area (Å²) in [4.78, 5) is 16.5. The molecule has 1 aliphatic rings. The predicted octanol–water partition coefficient (Wildman–Crippen LogP) is 2.46. The molecule has 2 rings (SSSR count). The molecule has 0 saturated carbocycles. The van der Waals surface area contributed by atoms with Gasteiger partial charge in [-0.1, -0.05) is 25.4 Å². The van der Waals surface area contributed by atoms with E-state index in [1.165, 1.54) is 12.1 Å². The monoisotopic (exact) mass is 296 g/mol. The molecule has 0 spiro atoms. The molecule has 5 heteroatoms. The fourth-order valence-electron chi connectivity index (χ4n) is 2.50. The van der Waals surface area contributed by atoms with Crippen LogP contribution in [0.4, 0.5) is 0 Å². The number of hydrogen-bond acceptors (Lipinski definition) is 3. The number of phenols is 1. The van der Waals surface area contributed by atoms with Gasteiger partial charge in [0.2, 0.25) is 0 Å². The highest BCUT2D eigenvalue weighted by molar-refractivity contribution is 6.31. The molecule has 1 aromatic carbocycles. The van der Waals surface area contributed by atoms with E-state index in [1.807, 2.05) is 0 Å². The van der Waals surface area contributed by atoms with Crippen LogP contribution in [0.25, 0.3) is 0 Å². The maximum atomic E-state index is 12.4. The molecule has 1 fully saturated rings. The maximum Gasteiger partial charge on any atom is 0.257 e. The first-order valence-corrected chi connectivity index (χ1v) is 7.35. The number of carbonyl (C=O) groups excluding carboxylic acids is 1. The molecule has 1 saturated heterocycles. The minimum absolute atomic E-state index is 0.0102. The molecule has 4 nitrogen and oxygen atoms in total. The number of phenolic OH excluding ortho intramolecular Hbond substituents is 1. The maximum absolute atomic E-state index is 12.4. The Labute approximate surface area is 124 Å². The second-order valence-electron chi connectivity index (χ2n) is 5.65. The zero-order chi connectivity index (χ0) is 14.7. The van der Waals surface area contributed by atoms with Crippen molar-refractivity contribution in [1.29, 1.82) is 0 Å². The summed E-state index contributed by atoms with van der Waals surface area (Å²) in [5, 5.41) is 10.3. The first-order valence-electron chi connectivity index (χ1n) is 6.97. The zero-order valence-corrected chi connectivity index (χ0v) is 12.7. The number of nitrogens with zero attached hydrogens (tertiary/aromatic N) is 2. The van der Waals surface area contributed by atoms with Gasteiger partial charge in [0, 0.05) is 37.7 Å². The fourth-order valence-corrected chi connectivity index (χ4v) is 2.67. The summed E-state index contributed by atoms with van der Waals surface area (Å²) >= 11 is 5.89. The number of halogens is 1. The van der Waals surface area contributed by atoms with Gasteiger partial charge in [0.15, 0.2) is 0 Å². The third-order valence-electron chi connectivity index (χ3n) is 3.47. The lowest BCUT2D eigenvalue weighted by atomic mass is 10.1. The minimum atomic E-state index is -0.144. The summed E-state index contributed by atoms with van der Waals surface area (Å²) in [5.41, 5.74) is 0.287. The highest BCUT2D eigenvalue weighted by Gasteiger charge is 2.24. The summed E-state index contributed by atoms with van der Waals surface area (Å²) in [6.07, 6.45) is 0. The fraction of sp³-hybridized carbons (Fsp3) is 0.533. The van der Waals surface area contributed by atoms with Crippen LogP contribution in [0.15, 0.2) is 18.2 Å². The van der Waals surface area contributed by atoms with Crippen LogP contribution in [0.5, 0.6) is 5.75 Å². The SMILES string of the molecule is CC(C)CN1CCN(C(=O)c2cc(Cl)ccc2O)CC1. The van der Waals surface area contributed by atoms with Gasteiger partial charge in [-0.2, -0.15) is 0 Å². The van der Waals surface area contributed by atoms with E-state index in [4.69, 9.17) is 11.6 Å². The number of hydrogen-bond donors (Lipinski definition) is 1. The first-order chi connectivity index (χ1) is 9.47. The van der Waals surface area contributed by atoms with E-state index in [0.717, 1.165) is 19.6 Å². The van der Waals surface area contributed by atoms with Crippen LogP contribution >= 0.6 is 11.6 Å². The minimum Gasteiger partial charge on any atom is -0.507 e. The largest absolute Gasteiger partial charge is 0.507 e. The van der Waals surface area contributed by atoms with Crippen molar-refractivity contribution >= 4 is 17.5 Å². The van der Waals surface area contributed by atoms with Gasteiger partial charge in [-0.25, -0.2) is 0 Å². The summed E-state index contributed by atoms with van der Waals surface area (Å²) < 4.78 is 0. The molecule has 0 atom stereocenters. The Balaban J connectivity index is 2.00. The van der Waals surface area contributed by atoms with Gasteiger partial charge >= 0.3 is 0 Å². The van der Waals surface area contributed by atoms with Crippen LogP contribution in [-0.2, 0) is 0 Å². The number of carbonyl (C=O) groups is 1. The van der Waals surface area contributed by atoms with Gasteiger partial charge in [0.05, 0.1) is 5.56 Å². The molecule has 1 N–H and O–H groups in total. The quantitative estimate of drug-likeness (QED) is 0.932. The zero-order valence-electron chi connectivity index (χ0n) is 12.0. The second kappa shape index (κ2) is 6.46. The lowest BCUT2D eigenvalue weighted by Crippen LogP contribution is -2.49. The number of aromatic hydroxyl groups is 1. The second-order valence-corrected chi connectivity index (χ2v) is 6.08. The standard InChI is InChI=1S/C15H21ClN2O2/c1-11(2)10-17-5-7-18(8-6-17)15(20)13-9-12(16)3-4-14(13)19/h3-4,9,11,19H,5-8,10H2,1-2H3. The lowest BCUT2D eigenvalue weighted by Gasteiger charge is -2.35. The molecule has 0 unspecified atom stereocenters. The first kappa shape index (κ1) is 15.1. The molecule has 1 aromatic rings. The Morgan fingerprint density at radius 2 is 1.95 bits per heavy atom. The molecule has 0 aliphatic carbocycles. The van der Waals surface area contributed by atoms with E-state index in [-0.39, 0.29) is 17.2 Å². The van der Waals surface area contributed by atoms with Crippen LogP contribution in [0.2, 0.25) is 5.02 Å². The van der Waals surface area contributed by atoms with Crippen molar-refractivity contribution in [3.05, 3.63) is 28.8 Å². The van der Waals surface area contributed by atoms with E-state index in [0.29, 0.717) is 24.0 Å². The van der Waals surface area contributed by atoms with Gasteiger partial charge < -0.3 is 10.0 Å². The molecular formula is C15H21ClN2O2. The van der Waals surface area contributed by atoms with Crippen LogP contribution in [0.1, 0.15) is 24.2 Å². The lowest BCUT2D eigenvalue weighted by molar-refractivity contribution is 0.0621. The Bertz CT molecular complexity index is 483. The molecule has 1 aliphatic heterocycles. The van der Waals surface area contributed by atoms with Gasteiger partial charge in [-0.15, -0.1) is 0 Å². The molecular weight excluding hydrogens is 276 g/mol. The molecule has 1 heterocycles. The predicted molar refractivity (Wildman–Crippen MR) is 80.3 cm³/mol. The molecule has 0 bridgehead atoms. The van der Waals surface area contributed by atoms with Crippen LogP contribution in [-0.4, -0.2) is 53.5 Å². The Morgan fingerprint density at radius 3 is 2.55 bits per heavy atom. The van der Waals surface area contributed by atoms with Crippen LogP contribution in [0, 0.1) is 5.92 Å². The van der Waals surface area contributed by atoms with Crippen molar-refractivity contribution in [2.75, 3.05) is 32.7 Å². The van der Waals surface area contributed by atoms with Crippen LogP contribution in [0.3, 0.4) is 0 Å². The molecule has 110 valence electrons. The smallest absolute Gasteiger partial charge is 0.257 e. The van der Waals surface area contributed by atoms with Gasteiger partial charge in [-0.05, 0) is 24.1 Å². The van der Waals surface area contributed by atoms with E-state index in [2.05, 4.69) is 18.7 Å². The summed E-state index contributed by atoms with van der Waals surface area (Å²) in [5.74, 6) is 0.479. The average molecular weight is 297 g/mol. The number of rotatable bonds is 3. The van der Waals surface area contributed by atoms with Crippen molar-refractivity contribution in [3.8, 4) is 5.75 Å².